The number of Topliss-reactive ketones (excluding diaryl/α,β-unsaturated/α-hetero) is 1. The number of piperidine rings is 2. The van der Waals surface area contributed by atoms with Gasteiger partial charge in [0.05, 0.1) is 0 Å². The van der Waals surface area contributed by atoms with Crippen molar-refractivity contribution in [2.45, 2.75) is 70.6 Å². The molecule has 2 saturated heterocycles. The third-order valence-corrected chi connectivity index (χ3v) is 5.34. The van der Waals surface area contributed by atoms with E-state index in [1.54, 1.807) is 0 Å². The summed E-state index contributed by atoms with van der Waals surface area (Å²) in [5.41, 5.74) is 1.00. The summed E-state index contributed by atoms with van der Waals surface area (Å²) in [5, 5.41) is 0. The Morgan fingerprint density at radius 2 is 1.79 bits per heavy atom. The minimum atomic E-state index is -0.213. The van der Waals surface area contributed by atoms with Crippen LogP contribution in [0, 0.1) is 5.92 Å². The maximum atomic E-state index is 12.6. The molecule has 1 aromatic rings. The van der Waals surface area contributed by atoms with Gasteiger partial charge in [0.25, 0.3) is 0 Å². The van der Waals surface area contributed by atoms with Crippen LogP contribution in [-0.2, 0) is 16.1 Å². The lowest BCUT2D eigenvalue weighted by Gasteiger charge is -2.47. The molecule has 4 nitrogen and oxygen atoms in total. The number of hydrogen-bond acceptors (Lipinski definition) is 3. The average Bonchev–Trinajstić information content (AvgIpc) is 2.59. The van der Waals surface area contributed by atoms with E-state index in [0.29, 0.717) is 18.8 Å². The summed E-state index contributed by atoms with van der Waals surface area (Å²) < 4.78 is 5.55. The molecule has 24 heavy (non-hydrogen) atoms. The van der Waals surface area contributed by atoms with Crippen molar-refractivity contribution in [3.8, 4) is 0 Å². The van der Waals surface area contributed by atoms with Crippen LogP contribution in [0.3, 0.4) is 0 Å². The van der Waals surface area contributed by atoms with Crippen LogP contribution in [0.2, 0.25) is 0 Å². The molecular weight excluding hydrogens is 302 g/mol. The van der Waals surface area contributed by atoms with Gasteiger partial charge in [-0.25, -0.2) is 4.79 Å². The molecule has 2 aliphatic rings. The quantitative estimate of drug-likeness (QED) is 0.808. The van der Waals surface area contributed by atoms with E-state index in [9.17, 15) is 9.59 Å². The topological polar surface area (TPSA) is 46.6 Å². The molecule has 0 radical (unpaired) electrons. The Labute approximate surface area is 144 Å². The van der Waals surface area contributed by atoms with E-state index in [1.807, 2.05) is 35.2 Å². The van der Waals surface area contributed by atoms with Gasteiger partial charge >= 0.3 is 6.09 Å². The predicted molar refractivity (Wildman–Crippen MR) is 92.5 cm³/mol. The summed E-state index contributed by atoms with van der Waals surface area (Å²) in [4.78, 5) is 26.8. The fourth-order valence-corrected chi connectivity index (χ4v) is 4.19. The smallest absolute Gasteiger partial charge is 0.410 e. The standard InChI is InChI=1S/C20H27NO3/c1-2-7-19(22)16-12-17-10-6-11-18(13-16)21(17)20(23)24-14-15-8-4-3-5-9-15/h3-5,8-9,16-18H,2,6-7,10-14H2,1H3. The van der Waals surface area contributed by atoms with Crippen LogP contribution in [0.15, 0.2) is 30.3 Å². The molecule has 2 atom stereocenters. The fraction of sp³-hybridized carbons (Fsp3) is 0.600. The first-order valence-corrected chi connectivity index (χ1v) is 9.20. The van der Waals surface area contributed by atoms with Crippen molar-refractivity contribution in [2.24, 2.45) is 5.92 Å². The monoisotopic (exact) mass is 329 g/mol. The van der Waals surface area contributed by atoms with Gasteiger partial charge in [-0.05, 0) is 44.1 Å². The first-order chi connectivity index (χ1) is 11.7. The zero-order valence-electron chi connectivity index (χ0n) is 14.4. The Balaban J connectivity index is 1.61. The summed E-state index contributed by atoms with van der Waals surface area (Å²) in [6.07, 6.45) is 6.13. The van der Waals surface area contributed by atoms with Gasteiger partial charge in [0.2, 0.25) is 0 Å². The number of carbonyl (C=O) groups is 2. The lowest BCUT2D eigenvalue weighted by Crippen LogP contribution is -2.55. The molecule has 1 amide bonds. The average molecular weight is 329 g/mol. The number of carbonyl (C=O) groups excluding carboxylic acids is 2. The Kier molecular flexibility index (Phi) is 5.54. The van der Waals surface area contributed by atoms with Gasteiger partial charge in [-0.3, -0.25) is 4.79 Å². The number of fused-ring (bicyclic) bond motifs is 2. The van der Waals surface area contributed by atoms with E-state index < -0.39 is 0 Å². The van der Waals surface area contributed by atoms with E-state index in [-0.39, 0.29) is 24.1 Å². The van der Waals surface area contributed by atoms with Crippen LogP contribution in [-0.4, -0.2) is 28.9 Å². The van der Waals surface area contributed by atoms with E-state index in [4.69, 9.17) is 4.74 Å². The number of rotatable bonds is 5. The fourth-order valence-electron chi connectivity index (χ4n) is 4.19. The van der Waals surface area contributed by atoms with Crippen molar-refractivity contribution in [3.63, 3.8) is 0 Å². The van der Waals surface area contributed by atoms with Crippen LogP contribution >= 0.6 is 0 Å². The number of benzene rings is 1. The minimum absolute atomic E-state index is 0.137. The Hall–Kier alpha value is -1.84. The van der Waals surface area contributed by atoms with Gasteiger partial charge in [0.1, 0.15) is 12.4 Å². The second-order valence-corrected chi connectivity index (χ2v) is 7.07. The van der Waals surface area contributed by atoms with Gasteiger partial charge in [-0.2, -0.15) is 0 Å². The number of hydrogen-bond donors (Lipinski definition) is 0. The van der Waals surface area contributed by atoms with Crippen molar-refractivity contribution in [3.05, 3.63) is 35.9 Å². The maximum absolute atomic E-state index is 12.6. The van der Waals surface area contributed by atoms with Gasteiger partial charge in [-0.15, -0.1) is 0 Å². The van der Waals surface area contributed by atoms with Crippen LogP contribution < -0.4 is 0 Å². The van der Waals surface area contributed by atoms with E-state index in [2.05, 4.69) is 6.92 Å². The van der Waals surface area contributed by atoms with Gasteiger partial charge < -0.3 is 9.64 Å². The molecule has 4 heteroatoms. The van der Waals surface area contributed by atoms with Crippen molar-refractivity contribution in [1.82, 2.24) is 4.90 Å². The highest BCUT2D eigenvalue weighted by Crippen LogP contribution is 2.38. The SMILES string of the molecule is CCCC(=O)C1CC2CCCC(C1)N2C(=O)OCc1ccccc1. The van der Waals surface area contributed by atoms with Crippen LogP contribution in [0.1, 0.15) is 57.4 Å². The lowest BCUT2D eigenvalue weighted by molar-refractivity contribution is -0.126. The molecule has 2 aliphatic heterocycles. The van der Waals surface area contributed by atoms with E-state index in [0.717, 1.165) is 44.1 Å². The molecule has 1 aromatic carbocycles. The molecule has 0 aromatic heterocycles. The van der Waals surface area contributed by atoms with Crippen molar-refractivity contribution < 1.29 is 14.3 Å². The van der Waals surface area contributed by atoms with Crippen LogP contribution in [0.5, 0.6) is 0 Å². The van der Waals surface area contributed by atoms with Crippen molar-refractivity contribution in [2.75, 3.05) is 0 Å². The third-order valence-electron chi connectivity index (χ3n) is 5.34. The van der Waals surface area contributed by atoms with Crippen molar-refractivity contribution >= 4 is 11.9 Å². The minimum Gasteiger partial charge on any atom is -0.445 e. The summed E-state index contributed by atoms with van der Waals surface area (Å²) in [5.74, 6) is 0.519. The molecule has 2 heterocycles. The Morgan fingerprint density at radius 1 is 1.12 bits per heavy atom. The zero-order chi connectivity index (χ0) is 16.9. The van der Waals surface area contributed by atoms with E-state index >= 15 is 0 Å². The molecule has 2 unspecified atom stereocenters. The second-order valence-electron chi connectivity index (χ2n) is 7.07. The number of ketones is 1. The normalized spacial score (nSPS) is 26.0. The molecule has 130 valence electrons. The van der Waals surface area contributed by atoms with E-state index in [1.165, 1.54) is 0 Å². The van der Waals surface area contributed by atoms with Gasteiger partial charge in [0.15, 0.2) is 0 Å². The Morgan fingerprint density at radius 3 is 2.42 bits per heavy atom. The zero-order valence-corrected chi connectivity index (χ0v) is 14.4. The third kappa shape index (κ3) is 3.80. The molecule has 0 saturated carbocycles. The van der Waals surface area contributed by atoms with Gasteiger partial charge in [-0.1, -0.05) is 37.3 Å². The Bertz CT molecular complexity index is 558. The summed E-state index contributed by atoms with van der Waals surface area (Å²) >= 11 is 0. The summed E-state index contributed by atoms with van der Waals surface area (Å²) in [6, 6.07) is 10.1. The first-order valence-electron chi connectivity index (χ1n) is 9.20. The highest BCUT2D eigenvalue weighted by Gasteiger charge is 2.43. The highest BCUT2D eigenvalue weighted by molar-refractivity contribution is 5.81. The lowest BCUT2D eigenvalue weighted by atomic mass is 9.76. The molecule has 0 aliphatic carbocycles. The predicted octanol–water partition coefficient (Wildman–Crippen LogP) is 4.33. The largest absolute Gasteiger partial charge is 0.445 e. The second kappa shape index (κ2) is 7.82. The summed E-state index contributed by atoms with van der Waals surface area (Å²) in [7, 11) is 0. The van der Waals surface area contributed by atoms with Crippen LogP contribution in [0.25, 0.3) is 0 Å². The number of ether oxygens (including phenoxy) is 1. The molecule has 0 spiro atoms. The molecule has 3 rings (SSSR count). The molecule has 2 bridgehead atoms. The molecule has 2 fully saturated rings. The summed E-state index contributed by atoms with van der Waals surface area (Å²) in [6.45, 7) is 2.36. The number of amides is 1. The first kappa shape index (κ1) is 17.0. The van der Waals surface area contributed by atoms with Gasteiger partial charge in [0, 0.05) is 24.4 Å². The maximum Gasteiger partial charge on any atom is 0.410 e. The van der Waals surface area contributed by atoms with Crippen molar-refractivity contribution in [1.29, 1.82) is 0 Å². The molecular formula is C20H27NO3. The molecule has 0 N–H and O–H groups in total. The number of nitrogens with zero attached hydrogens (tertiary/aromatic N) is 1. The van der Waals surface area contributed by atoms with Crippen LogP contribution in [0.4, 0.5) is 4.79 Å². The highest BCUT2D eigenvalue weighted by atomic mass is 16.6.